The van der Waals surface area contributed by atoms with Crippen LogP contribution in [-0.4, -0.2) is 73.9 Å². The van der Waals surface area contributed by atoms with Gasteiger partial charge in [0.1, 0.15) is 0 Å². The molecule has 3 unspecified atom stereocenters. The highest BCUT2D eigenvalue weighted by Gasteiger charge is 2.49. The Balaban J connectivity index is 1.60. The molecule has 3 fully saturated rings. The van der Waals surface area contributed by atoms with Crippen LogP contribution in [0.15, 0.2) is 0 Å². The minimum absolute atomic E-state index is 0.325. The molecule has 3 aliphatic heterocycles. The van der Waals surface area contributed by atoms with Crippen LogP contribution in [0, 0.1) is 11.8 Å². The Kier molecular flexibility index (Phi) is 3.87. The van der Waals surface area contributed by atoms with Crippen LogP contribution in [0.3, 0.4) is 0 Å². The van der Waals surface area contributed by atoms with Crippen molar-refractivity contribution in [3.8, 4) is 0 Å². The van der Waals surface area contributed by atoms with E-state index in [9.17, 15) is 0 Å². The molecule has 1 N–H and O–H groups in total. The van der Waals surface area contributed by atoms with Crippen LogP contribution in [0.1, 0.15) is 20.8 Å². The van der Waals surface area contributed by atoms with Crippen molar-refractivity contribution in [2.45, 2.75) is 32.4 Å². The molecule has 0 aliphatic carbocycles. The molecule has 3 heterocycles. The number of hydrogen-bond donors (Lipinski definition) is 1. The molecule has 3 atom stereocenters. The smallest absolute Gasteiger partial charge is 0.0829 e. The van der Waals surface area contributed by atoms with Crippen molar-refractivity contribution >= 4 is 0 Å². The minimum Gasteiger partial charge on any atom is -0.374 e. The van der Waals surface area contributed by atoms with Gasteiger partial charge in [-0.2, -0.15) is 0 Å². The minimum atomic E-state index is 0.325. The summed E-state index contributed by atoms with van der Waals surface area (Å²) in [5.74, 6) is 1.67. The molecule has 110 valence electrons. The highest BCUT2D eigenvalue weighted by molar-refractivity contribution is 5.05. The molecule has 0 aromatic heterocycles. The average molecular weight is 267 g/mol. The van der Waals surface area contributed by atoms with Gasteiger partial charge >= 0.3 is 0 Å². The first-order chi connectivity index (χ1) is 9.11. The number of nitrogens with one attached hydrogen (secondary N) is 1. The molecule has 0 amide bonds. The molecule has 3 rings (SSSR count). The van der Waals surface area contributed by atoms with Crippen LogP contribution in [0.2, 0.25) is 0 Å². The second-order valence-corrected chi connectivity index (χ2v) is 6.97. The van der Waals surface area contributed by atoms with E-state index in [2.05, 4.69) is 35.9 Å². The highest BCUT2D eigenvalue weighted by atomic mass is 16.5. The number of nitrogens with zero attached hydrogens (tertiary/aromatic N) is 2. The zero-order valence-corrected chi connectivity index (χ0v) is 12.7. The molecule has 4 nitrogen and oxygen atoms in total. The van der Waals surface area contributed by atoms with Gasteiger partial charge in [0.05, 0.1) is 12.7 Å². The number of likely N-dealkylation sites (N-methyl/N-ethyl adjacent to an activating group) is 1. The maximum Gasteiger partial charge on any atom is 0.0829 e. The fraction of sp³-hybridized carbons (Fsp3) is 1.00. The van der Waals surface area contributed by atoms with Crippen LogP contribution < -0.4 is 5.32 Å². The maximum atomic E-state index is 5.99. The Morgan fingerprint density at radius 3 is 2.84 bits per heavy atom. The largest absolute Gasteiger partial charge is 0.374 e. The van der Waals surface area contributed by atoms with Gasteiger partial charge in [0.25, 0.3) is 0 Å². The number of ether oxygens (including phenoxy) is 1. The van der Waals surface area contributed by atoms with E-state index in [-0.39, 0.29) is 0 Å². The zero-order valence-electron chi connectivity index (χ0n) is 12.7. The first kappa shape index (κ1) is 13.8. The second-order valence-electron chi connectivity index (χ2n) is 6.97. The van der Waals surface area contributed by atoms with Gasteiger partial charge in [0.2, 0.25) is 0 Å². The summed E-state index contributed by atoms with van der Waals surface area (Å²) in [7, 11) is 0. The molecule has 0 aromatic rings. The summed E-state index contributed by atoms with van der Waals surface area (Å²) < 4.78 is 5.99. The number of morpholine rings is 1. The summed E-state index contributed by atoms with van der Waals surface area (Å²) in [6.07, 6.45) is 0.403. The molecule has 4 heteroatoms. The van der Waals surface area contributed by atoms with Gasteiger partial charge in [-0.05, 0) is 38.8 Å². The lowest BCUT2D eigenvalue weighted by Crippen LogP contribution is -2.52. The summed E-state index contributed by atoms with van der Waals surface area (Å²) in [4.78, 5) is 5.20. The lowest BCUT2D eigenvalue weighted by Gasteiger charge is -2.40. The summed E-state index contributed by atoms with van der Waals surface area (Å²) in [5, 5.41) is 3.55. The summed E-state index contributed by atoms with van der Waals surface area (Å²) in [6.45, 7) is 16.1. The Hall–Kier alpha value is -0.160. The van der Waals surface area contributed by atoms with Crippen LogP contribution in [0.4, 0.5) is 0 Å². The SMILES string of the molecule is CCN1CCOC(CN2CC3CNCC3C2(C)C)C1. The van der Waals surface area contributed by atoms with E-state index in [1.807, 2.05) is 0 Å². The van der Waals surface area contributed by atoms with Crippen molar-refractivity contribution < 1.29 is 4.74 Å². The molecule has 0 aromatic carbocycles. The normalized spacial score (nSPS) is 39.6. The molecule has 3 aliphatic rings. The lowest BCUT2D eigenvalue weighted by molar-refractivity contribution is -0.0515. The number of rotatable bonds is 3. The third-order valence-electron chi connectivity index (χ3n) is 5.61. The Morgan fingerprint density at radius 1 is 1.26 bits per heavy atom. The molecule has 0 spiro atoms. The first-order valence-corrected chi connectivity index (χ1v) is 7.91. The predicted octanol–water partition coefficient (Wildman–Crippen LogP) is 0.637. The van der Waals surface area contributed by atoms with E-state index in [1.165, 1.54) is 19.6 Å². The lowest BCUT2D eigenvalue weighted by atomic mass is 9.85. The summed E-state index contributed by atoms with van der Waals surface area (Å²) in [5.41, 5.74) is 0.325. The fourth-order valence-corrected chi connectivity index (χ4v) is 4.24. The Labute approximate surface area is 117 Å². The topological polar surface area (TPSA) is 27.7 Å². The van der Waals surface area contributed by atoms with Gasteiger partial charge in [0, 0.05) is 38.3 Å². The fourth-order valence-electron chi connectivity index (χ4n) is 4.24. The second kappa shape index (κ2) is 5.32. The van der Waals surface area contributed by atoms with Crippen molar-refractivity contribution in [3.63, 3.8) is 0 Å². The number of hydrogen-bond acceptors (Lipinski definition) is 4. The first-order valence-electron chi connectivity index (χ1n) is 7.91. The average Bonchev–Trinajstić information content (AvgIpc) is 2.94. The molecule has 0 bridgehead atoms. The molecular weight excluding hydrogens is 238 g/mol. The highest BCUT2D eigenvalue weighted by Crippen LogP contribution is 2.40. The van der Waals surface area contributed by atoms with Gasteiger partial charge in [-0.25, -0.2) is 0 Å². The van der Waals surface area contributed by atoms with Crippen molar-refractivity contribution in [1.82, 2.24) is 15.1 Å². The van der Waals surface area contributed by atoms with E-state index in [4.69, 9.17) is 4.74 Å². The van der Waals surface area contributed by atoms with Gasteiger partial charge < -0.3 is 10.1 Å². The van der Waals surface area contributed by atoms with Crippen LogP contribution in [0.25, 0.3) is 0 Å². The van der Waals surface area contributed by atoms with E-state index >= 15 is 0 Å². The van der Waals surface area contributed by atoms with E-state index in [1.54, 1.807) is 0 Å². The number of fused-ring (bicyclic) bond motifs is 1. The van der Waals surface area contributed by atoms with Crippen molar-refractivity contribution in [3.05, 3.63) is 0 Å². The third kappa shape index (κ3) is 2.56. The van der Waals surface area contributed by atoms with Crippen molar-refractivity contribution in [1.29, 1.82) is 0 Å². The monoisotopic (exact) mass is 267 g/mol. The van der Waals surface area contributed by atoms with Crippen LogP contribution in [0.5, 0.6) is 0 Å². The van der Waals surface area contributed by atoms with Gasteiger partial charge in [-0.1, -0.05) is 6.92 Å². The molecule has 19 heavy (non-hydrogen) atoms. The maximum absolute atomic E-state index is 5.99. The van der Waals surface area contributed by atoms with Crippen LogP contribution in [-0.2, 0) is 4.74 Å². The van der Waals surface area contributed by atoms with E-state index < -0.39 is 0 Å². The third-order valence-corrected chi connectivity index (χ3v) is 5.61. The van der Waals surface area contributed by atoms with Gasteiger partial charge in [0.15, 0.2) is 0 Å². The molecule has 0 saturated carbocycles. The van der Waals surface area contributed by atoms with Crippen LogP contribution >= 0.6 is 0 Å². The Bertz CT molecular complexity index is 321. The summed E-state index contributed by atoms with van der Waals surface area (Å²) >= 11 is 0. The predicted molar refractivity (Wildman–Crippen MR) is 77.4 cm³/mol. The van der Waals surface area contributed by atoms with E-state index in [0.29, 0.717) is 11.6 Å². The Morgan fingerprint density at radius 2 is 2.11 bits per heavy atom. The van der Waals surface area contributed by atoms with Gasteiger partial charge in [-0.3, -0.25) is 9.80 Å². The molecule has 3 saturated heterocycles. The summed E-state index contributed by atoms with van der Waals surface area (Å²) in [6, 6.07) is 0. The van der Waals surface area contributed by atoms with Crippen molar-refractivity contribution in [2.24, 2.45) is 11.8 Å². The molecule has 0 radical (unpaired) electrons. The van der Waals surface area contributed by atoms with Gasteiger partial charge in [-0.15, -0.1) is 0 Å². The number of likely N-dealkylation sites (tertiary alicyclic amines) is 1. The quantitative estimate of drug-likeness (QED) is 0.812. The standard InChI is InChI=1S/C15H29N3O/c1-4-17-5-6-19-13(10-17)11-18-9-12-7-16-8-14(12)15(18,2)3/h12-14,16H,4-11H2,1-3H3. The zero-order chi connectivity index (χ0) is 13.5. The van der Waals surface area contributed by atoms with Crippen molar-refractivity contribution in [2.75, 3.05) is 52.4 Å². The molecular formula is C15H29N3O. The van der Waals surface area contributed by atoms with E-state index in [0.717, 1.165) is 44.6 Å².